The van der Waals surface area contributed by atoms with Gasteiger partial charge in [0, 0.05) is 0 Å². The third-order valence-corrected chi connectivity index (χ3v) is 3.77. The molecule has 0 N–H and O–H groups in total. The predicted octanol–water partition coefficient (Wildman–Crippen LogP) is 4.02. The summed E-state index contributed by atoms with van der Waals surface area (Å²) in [5.74, 6) is 1.15. The van der Waals surface area contributed by atoms with Crippen molar-refractivity contribution in [2.45, 2.75) is 44.1 Å². The van der Waals surface area contributed by atoms with Gasteiger partial charge in [0.2, 0.25) is 0 Å². The first kappa shape index (κ1) is 18.6. The average molecular weight is 302 g/mol. The average Bonchev–Trinajstić information content (AvgIpc) is 2.91. The summed E-state index contributed by atoms with van der Waals surface area (Å²) >= 11 is 2.34. The molecule has 1 aliphatic carbocycles. The van der Waals surface area contributed by atoms with Gasteiger partial charge in [-0.3, -0.25) is 4.79 Å². The summed E-state index contributed by atoms with van der Waals surface area (Å²) in [6.07, 6.45) is 5.95. The van der Waals surface area contributed by atoms with Crippen molar-refractivity contribution in [3.05, 3.63) is 23.8 Å². The van der Waals surface area contributed by atoms with Crippen LogP contribution in [0.4, 0.5) is 0 Å². The first-order chi connectivity index (χ1) is 10.1. The van der Waals surface area contributed by atoms with Crippen molar-refractivity contribution in [2.75, 3.05) is 13.2 Å². The molecule has 2 rings (SSSR count). The Bertz CT molecular complexity index is 421. The van der Waals surface area contributed by atoms with Crippen LogP contribution in [0, 0.1) is 0 Å². The number of carbonyl (C=O) groups is 1. The standard InChI is InChI=1S/C11H15O3P.C5H9.Li/c1-3-13-8-6-5-7-9(14-4-2)10(8)11(12)15;1-2-4-5-3-1;/h5-7H,3-4,15H2,1-2H3;1H,2-5H2;. The van der Waals surface area contributed by atoms with Crippen molar-refractivity contribution >= 4 is 32.5 Å². The summed E-state index contributed by atoms with van der Waals surface area (Å²) in [4.78, 5) is 11.4. The normalized spacial score (nSPS) is 14.3. The van der Waals surface area contributed by atoms with Crippen molar-refractivity contribution in [2.24, 2.45) is 0 Å². The van der Waals surface area contributed by atoms with E-state index < -0.39 is 0 Å². The molecule has 0 spiro atoms. The molecule has 1 saturated carbocycles. The zero-order valence-electron chi connectivity index (χ0n) is 13.4. The van der Waals surface area contributed by atoms with E-state index in [1.807, 2.05) is 19.9 Å². The maximum atomic E-state index is 11.4. The fourth-order valence-electron chi connectivity index (χ4n) is 2.44. The Morgan fingerprint density at radius 2 is 1.67 bits per heavy atom. The van der Waals surface area contributed by atoms with Crippen LogP contribution in [0.2, 0.25) is 4.59 Å². The van der Waals surface area contributed by atoms with E-state index in [0.29, 0.717) is 30.3 Å². The number of hydrogen-bond acceptors (Lipinski definition) is 3. The van der Waals surface area contributed by atoms with Gasteiger partial charge in [0.05, 0.1) is 13.2 Å². The molecular weight excluding hydrogens is 278 g/mol. The van der Waals surface area contributed by atoms with Crippen LogP contribution in [0.25, 0.3) is 0 Å². The third-order valence-electron chi connectivity index (χ3n) is 3.48. The molecule has 21 heavy (non-hydrogen) atoms. The van der Waals surface area contributed by atoms with E-state index in [2.05, 4.69) is 27.0 Å². The summed E-state index contributed by atoms with van der Waals surface area (Å²) in [6.45, 7) is 4.82. The van der Waals surface area contributed by atoms with Gasteiger partial charge in [-0.2, -0.15) is 0 Å². The second kappa shape index (κ2) is 10.3. The van der Waals surface area contributed by atoms with Gasteiger partial charge in [-0.1, -0.05) is 15.3 Å². The molecule has 0 saturated heterocycles. The molecule has 1 atom stereocenters. The van der Waals surface area contributed by atoms with Crippen LogP contribution in [0.1, 0.15) is 49.9 Å². The molecule has 112 valence electrons. The molecule has 1 unspecified atom stereocenters. The van der Waals surface area contributed by atoms with Crippen LogP contribution < -0.4 is 9.47 Å². The van der Waals surface area contributed by atoms with Crippen LogP contribution in [-0.4, -0.2) is 36.5 Å². The number of ether oxygens (including phenoxy) is 2. The van der Waals surface area contributed by atoms with E-state index in [4.69, 9.17) is 9.47 Å². The van der Waals surface area contributed by atoms with Crippen LogP contribution in [0.3, 0.4) is 0 Å². The molecule has 3 nitrogen and oxygen atoms in total. The number of hydrogen-bond donors (Lipinski definition) is 0. The van der Waals surface area contributed by atoms with Gasteiger partial charge in [0.1, 0.15) is 17.1 Å². The van der Waals surface area contributed by atoms with Crippen LogP contribution in [0.15, 0.2) is 18.2 Å². The van der Waals surface area contributed by atoms with Gasteiger partial charge in [-0.15, -0.1) is 0 Å². The van der Waals surface area contributed by atoms with E-state index in [1.54, 1.807) is 12.1 Å². The van der Waals surface area contributed by atoms with Crippen molar-refractivity contribution in [3.63, 3.8) is 0 Å². The molecule has 5 heteroatoms. The third kappa shape index (κ3) is 6.43. The monoisotopic (exact) mass is 302 g/mol. The van der Waals surface area contributed by atoms with E-state index >= 15 is 0 Å². The molecule has 0 bridgehead atoms. The molecular formula is C16H24LiO3P. The zero-order chi connectivity index (χ0) is 15.7. The van der Waals surface area contributed by atoms with Crippen LogP contribution >= 0.6 is 9.24 Å². The predicted molar refractivity (Wildman–Crippen MR) is 90.8 cm³/mol. The van der Waals surface area contributed by atoms with Crippen LogP contribution in [0.5, 0.6) is 11.5 Å². The van der Waals surface area contributed by atoms with Crippen molar-refractivity contribution in [1.29, 1.82) is 0 Å². The van der Waals surface area contributed by atoms with Crippen molar-refractivity contribution < 1.29 is 14.3 Å². The van der Waals surface area contributed by atoms with Gasteiger partial charge in [0.25, 0.3) is 0 Å². The van der Waals surface area contributed by atoms with Gasteiger partial charge in [-0.25, -0.2) is 0 Å². The zero-order valence-corrected chi connectivity index (χ0v) is 14.5. The Labute approximate surface area is 139 Å². The molecule has 1 aromatic carbocycles. The minimum atomic E-state index is -0.123. The van der Waals surface area contributed by atoms with Crippen molar-refractivity contribution in [3.8, 4) is 11.5 Å². The molecule has 1 aliphatic rings. The first-order valence-electron chi connectivity index (χ1n) is 7.78. The Kier molecular flexibility index (Phi) is 9.09. The topological polar surface area (TPSA) is 35.5 Å². The molecule has 0 aromatic heterocycles. The molecule has 1 aromatic rings. The molecule has 0 radical (unpaired) electrons. The van der Waals surface area contributed by atoms with E-state index in [9.17, 15) is 4.79 Å². The van der Waals surface area contributed by atoms with Crippen molar-refractivity contribution in [1.82, 2.24) is 0 Å². The second-order valence-electron chi connectivity index (χ2n) is 5.25. The number of rotatable bonds is 5. The summed E-state index contributed by atoms with van der Waals surface area (Å²) in [5.41, 5.74) is 0.369. The summed E-state index contributed by atoms with van der Waals surface area (Å²) in [5, 5.41) is 0. The Hall–Kier alpha value is -0.483. The summed E-state index contributed by atoms with van der Waals surface area (Å²) in [7, 11) is 2.14. The first-order valence-corrected chi connectivity index (χ1v) is 8.36. The molecule has 0 aliphatic heterocycles. The minimum absolute atomic E-state index is 0.123. The SMILES string of the molecule is CCOc1cccc(OCC)c1C(=O)P.[Li][CH]1CCCC1. The van der Waals surface area contributed by atoms with Gasteiger partial charge >= 0.3 is 48.0 Å². The summed E-state index contributed by atoms with van der Waals surface area (Å²) in [6, 6.07) is 5.35. The fraction of sp³-hybridized carbons (Fsp3) is 0.562. The molecule has 0 amide bonds. The quantitative estimate of drug-likeness (QED) is 0.609. The van der Waals surface area contributed by atoms with Gasteiger partial charge in [0.15, 0.2) is 5.52 Å². The Balaban J connectivity index is 0.000000304. The number of benzene rings is 1. The van der Waals surface area contributed by atoms with E-state index in [0.717, 1.165) is 4.59 Å². The van der Waals surface area contributed by atoms with E-state index in [1.165, 1.54) is 25.7 Å². The van der Waals surface area contributed by atoms with E-state index in [-0.39, 0.29) is 5.52 Å². The Morgan fingerprint density at radius 3 is 1.95 bits per heavy atom. The van der Waals surface area contributed by atoms with Gasteiger partial charge in [-0.05, 0) is 26.0 Å². The second-order valence-corrected chi connectivity index (χ2v) is 5.77. The molecule has 1 fully saturated rings. The van der Waals surface area contributed by atoms with Gasteiger partial charge < -0.3 is 9.47 Å². The number of carbonyl (C=O) groups excluding carboxylic acids is 1. The maximum absolute atomic E-state index is 11.4. The molecule has 0 heterocycles. The fourth-order valence-corrected chi connectivity index (χ4v) is 2.72. The Morgan fingerprint density at radius 1 is 1.19 bits per heavy atom. The van der Waals surface area contributed by atoms with Crippen LogP contribution in [-0.2, 0) is 0 Å². The summed E-state index contributed by atoms with van der Waals surface area (Å²) < 4.78 is 11.8.